The number of hydrogen-bond acceptors (Lipinski definition) is 4. The molecule has 0 bridgehead atoms. The highest BCUT2D eigenvalue weighted by Gasteiger charge is 2.23. The van der Waals surface area contributed by atoms with Crippen molar-refractivity contribution in [2.24, 2.45) is 0 Å². The minimum absolute atomic E-state index is 0.161. The number of aromatic nitrogens is 3. The van der Waals surface area contributed by atoms with Crippen molar-refractivity contribution in [2.45, 2.75) is 32.7 Å². The Bertz CT molecular complexity index is 614. The average Bonchev–Trinajstić information content (AvgIpc) is 2.96. The minimum atomic E-state index is -0.207. The van der Waals surface area contributed by atoms with Crippen LogP contribution < -0.4 is 0 Å². The number of carbonyl (C=O) groups excluding carboxylic acids is 1. The maximum atomic E-state index is 12.2. The number of H-pyrrole nitrogens is 1. The summed E-state index contributed by atoms with van der Waals surface area (Å²) in [4.78, 5) is 19.1. The summed E-state index contributed by atoms with van der Waals surface area (Å²) in [5.41, 5.74) is -0.161. The van der Waals surface area contributed by atoms with Crippen LogP contribution in [0.3, 0.4) is 0 Å². The Morgan fingerprint density at radius 3 is 2.65 bits per heavy atom. The highest BCUT2D eigenvalue weighted by Crippen LogP contribution is 2.23. The molecule has 0 spiro atoms. The molecule has 0 saturated heterocycles. The first kappa shape index (κ1) is 15.0. The molecule has 0 aliphatic carbocycles. The lowest BCUT2D eigenvalue weighted by atomic mass is 9.96. The second-order valence-corrected chi connectivity index (χ2v) is 7.42. The van der Waals surface area contributed by atoms with Crippen molar-refractivity contribution in [3.8, 4) is 0 Å². The average molecular weight is 313 g/mol. The first-order valence-corrected chi connectivity index (χ1v) is 7.39. The minimum Gasteiger partial charge on any atom is -0.334 e. The first-order chi connectivity index (χ1) is 9.27. The van der Waals surface area contributed by atoms with Crippen LogP contribution >= 0.6 is 22.9 Å². The van der Waals surface area contributed by atoms with Gasteiger partial charge in [0.15, 0.2) is 0 Å². The van der Waals surface area contributed by atoms with E-state index in [0.717, 1.165) is 4.88 Å². The Balaban J connectivity index is 2.09. The lowest BCUT2D eigenvalue weighted by Gasteiger charge is -2.14. The molecule has 1 N–H and O–H groups in total. The van der Waals surface area contributed by atoms with Crippen molar-refractivity contribution in [2.75, 3.05) is 7.05 Å². The predicted molar refractivity (Wildman–Crippen MR) is 80.2 cm³/mol. The van der Waals surface area contributed by atoms with E-state index in [-0.39, 0.29) is 17.1 Å². The molecular weight excluding hydrogens is 296 g/mol. The molecule has 0 saturated carbocycles. The predicted octanol–water partition coefficient (Wildman–Crippen LogP) is 3.09. The third-order valence-corrected chi connectivity index (χ3v) is 3.97. The normalized spacial score (nSPS) is 11.7. The first-order valence-electron chi connectivity index (χ1n) is 6.20. The maximum Gasteiger partial charge on any atom is 0.293 e. The molecule has 2 aromatic rings. The number of aromatic amines is 1. The van der Waals surface area contributed by atoms with Crippen LogP contribution in [-0.4, -0.2) is 33.0 Å². The molecule has 0 aliphatic heterocycles. The van der Waals surface area contributed by atoms with Crippen LogP contribution in [0.25, 0.3) is 0 Å². The van der Waals surface area contributed by atoms with E-state index in [0.29, 0.717) is 16.7 Å². The van der Waals surface area contributed by atoms with Crippen LogP contribution in [-0.2, 0) is 12.0 Å². The number of rotatable bonds is 3. The molecule has 108 valence electrons. The van der Waals surface area contributed by atoms with Gasteiger partial charge >= 0.3 is 0 Å². The van der Waals surface area contributed by atoms with Crippen LogP contribution in [0.1, 0.15) is 42.1 Å². The number of amides is 1. The van der Waals surface area contributed by atoms with E-state index < -0.39 is 0 Å². The van der Waals surface area contributed by atoms with Crippen LogP contribution in [0, 0.1) is 0 Å². The number of hydrogen-bond donors (Lipinski definition) is 1. The van der Waals surface area contributed by atoms with Crippen molar-refractivity contribution < 1.29 is 4.79 Å². The Labute approximate surface area is 127 Å². The van der Waals surface area contributed by atoms with Gasteiger partial charge in [-0.05, 0) is 12.1 Å². The summed E-state index contributed by atoms with van der Waals surface area (Å²) in [6.07, 6.45) is 0. The third kappa shape index (κ3) is 3.37. The number of nitrogens with one attached hydrogen (secondary N) is 1. The molecule has 2 heterocycles. The fourth-order valence-corrected chi connectivity index (χ4v) is 2.75. The van der Waals surface area contributed by atoms with E-state index in [1.165, 1.54) is 11.3 Å². The number of thiophene rings is 1. The second kappa shape index (κ2) is 5.54. The van der Waals surface area contributed by atoms with Gasteiger partial charge in [-0.3, -0.25) is 9.89 Å². The third-order valence-electron chi connectivity index (χ3n) is 2.76. The van der Waals surface area contributed by atoms with Crippen LogP contribution in [0.4, 0.5) is 0 Å². The zero-order chi connectivity index (χ0) is 14.9. The molecule has 0 fully saturated rings. The Hall–Kier alpha value is -1.40. The topological polar surface area (TPSA) is 61.9 Å². The zero-order valence-electron chi connectivity index (χ0n) is 11.9. The smallest absolute Gasteiger partial charge is 0.293 e. The summed E-state index contributed by atoms with van der Waals surface area (Å²) >= 11 is 7.34. The quantitative estimate of drug-likeness (QED) is 0.947. The summed E-state index contributed by atoms with van der Waals surface area (Å²) in [6.45, 7) is 6.53. The molecule has 1 amide bonds. The van der Waals surface area contributed by atoms with Crippen molar-refractivity contribution in [1.29, 1.82) is 0 Å². The van der Waals surface area contributed by atoms with Gasteiger partial charge in [-0.15, -0.1) is 16.4 Å². The van der Waals surface area contributed by atoms with E-state index in [2.05, 4.69) is 15.2 Å². The number of carbonyl (C=O) groups is 1. The van der Waals surface area contributed by atoms with Crippen LogP contribution in [0.15, 0.2) is 12.1 Å². The second-order valence-electron chi connectivity index (χ2n) is 5.62. The highest BCUT2D eigenvalue weighted by molar-refractivity contribution is 7.16. The van der Waals surface area contributed by atoms with Gasteiger partial charge in [0, 0.05) is 17.3 Å². The molecule has 0 atom stereocenters. The van der Waals surface area contributed by atoms with Crippen molar-refractivity contribution in [1.82, 2.24) is 20.1 Å². The van der Waals surface area contributed by atoms with E-state index in [4.69, 9.17) is 11.6 Å². The Morgan fingerprint density at radius 1 is 1.45 bits per heavy atom. The highest BCUT2D eigenvalue weighted by atomic mass is 35.5. The Kier molecular flexibility index (Phi) is 4.15. The molecule has 2 aromatic heterocycles. The standard InChI is InChI=1S/C13H17ClN4OS/c1-13(2,3)12-15-10(16-17-12)11(19)18(4)7-8-5-6-9(14)20-8/h5-6H,7H2,1-4H3,(H,15,16,17). The van der Waals surface area contributed by atoms with Crippen molar-refractivity contribution in [3.63, 3.8) is 0 Å². The summed E-state index contributed by atoms with van der Waals surface area (Å²) in [5.74, 6) is 0.690. The van der Waals surface area contributed by atoms with Gasteiger partial charge in [0.25, 0.3) is 5.91 Å². The SMILES string of the molecule is CN(Cc1ccc(Cl)s1)C(=O)c1n[nH]c(C(C)(C)C)n1. The molecule has 2 rings (SSSR count). The fraction of sp³-hybridized carbons (Fsp3) is 0.462. The lowest BCUT2D eigenvalue weighted by molar-refractivity contribution is 0.0774. The van der Waals surface area contributed by atoms with Gasteiger partial charge in [-0.1, -0.05) is 32.4 Å². The molecule has 0 aromatic carbocycles. The summed E-state index contributed by atoms with van der Waals surface area (Å²) in [6, 6.07) is 3.74. The van der Waals surface area contributed by atoms with Gasteiger partial charge in [-0.2, -0.15) is 0 Å². The van der Waals surface area contributed by atoms with Gasteiger partial charge < -0.3 is 4.90 Å². The van der Waals surface area contributed by atoms with Gasteiger partial charge in [-0.25, -0.2) is 4.98 Å². The van der Waals surface area contributed by atoms with Crippen molar-refractivity contribution >= 4 is 28.8 Å². The number of halogens is 1. The molecule has 5 nitrogen and oxygen atoms in total. The van der Waals surface area contributed by atoms with Gasteiger partial charge in [0.2, 0.25) is 5.82 Å². The van der Waals surface area contributed by atoms with Crippen molar-refractivity contribution in [3.05, 3.63) is 33.0 Å². The van der Waals surface area contributed by atoms with E-state index in [9.17, 15) is 4.79 Å². The monoisotopic (exact) mass is 312 g/mol. The van der Waals surface area contributed by atoms with Gasteiger partial charge in [0.05, 0.1) is 10.9 Å². The molecule has 7 heteroatoms. The van der Waals surface area contributed by atoms with Crippen LogP contribution in [0.5, 0.6) is 0 Å². The number of nitrogens with zero attached hydrogens (tertiary/aromatic N) is 3. The molecule has 20 heavy (non-hydrogen) atoms. The summed E-state index contributed by atoms with van der Waals surface area (Å²) < 4.78 is 0.716. The maximum absolute atomic E-state index is 12.2. The molecule has 0 unspecified atom stereocenters. The van der Waals surface area contributed by atoms with E-state index in [1.807, 2.05) is 32.9 Å². The summed E-state index contributed by atoms with van der Waals surface area (Å²) in [5, 5.41) is 6.82. The van der Waals surface area contributed by atoms with Crippen LogP contribution in [0.2, 0.25) is 4.34 Å². The summed E-state index contributed by atoms with van der Waals surface area (Å²) in [7, 11) is 1.73. The van der Waals surface area contributed by atoms with E-state index in [1.54, 1.807) is 11.9 Å². The zero-order valence-corrected chi connectivity index (χ0v) is 13.5. The molecular formula is C13H17ClN4OS. The largest absolute Gasteiger partial charge is 0.334 e. The molecule has 0 radical (unpaired) electrons. The fourth-order valence-electron chi connectivity index (χ4n) is 1.61. The molecule has 0 aliphatic rings. The Morgan fingerprint density at radius 2 is 2.15 bits per heavy atom. The van der Waals surface area contributed by atoms with E-state index >= 15 is 0 Å². The van der Waals surface area contributed by atoms with Gasteiger partial charge in [0.1, 0.15) is 5.82 Å². The lowest BCUT2D eigenvalue weighted by Crippen LogP contribution is -2.27.